The molecule has 0 amide bonds. The molecule has 0 rings (SSSR count). The van der Waals surface area contributed by atoms with E-state index in [0.29, 0.717) is 25.7 Å². The summed E-state index contributed by atoms with van der Waals surface area (Å²) in [6.07, 6.45) is 56.1. The van der Waals surface area contributed by atoms with E-state index in [2.05, 4.69) is 93.7 Å². The molecule has 0 N–H and O–H groups in total. The topological polar surface area (TPSA) is 78.9 Å². The molecule has 0 aromatic carbocycles. The number of hydrogen-bond acceptors (Lipinski definition) is 6. The zero-order valence-corrected chi connectivity index (χ0v) is 37.1. The number of esters is 3. The summed E-state index contributed by atoms with van der Waals surface area (Å²) in [4.78, 5) is 37.7. The molecule has 0 saturated heterocycles. The average molecular weight is 795 g/mol. The van der Waals surface area contributed by atoms with Crippen LogP contribution < -0.4 is 0 Å². The molecule has 0 fully saturated rings. The van der Waals surface area contributed by atoms with Crippen LogP contribution in [-0.4, -0.2) is 37.2 Å². The Morgan fingerprint density at radius 2 is 0.702 bits per heavy atom. The molecule has 0 saturated carbocycles. The van der Waals surface area contributed by atoms with Gasteiger partial charge < -0.3 is 14.2 Å². The van der Waals surface area contributed by atoms with Crippen LogP contribution in [0.1, 0.15) is 213 Å². The van der Waals surface area contributed by atoms with Crippen LogP contribution in [0.3, 0.4) is 0 Å². The van der Waals surface area contributed by atoms with E-state index in [1.165, 1.54) is 77.0 Å². The minimum absolute atomic E-state index is 0.100. The largest absolute Gasteiger partial charge is 0.462 e. The first-order valence-electron chi connectivity index (χ1n) is 23.4. The Kier molecular flexibility index (Phi) is 43.0. The first-order chi connectivity index (χ1) is 28.0. The third-order valence-corrected chi connectivity index (χ3v) is 9.70. The van der Waals surface area contributed by atoms with Gasteiger partial charge in [0, 0.05) is 19.3 Å². The van der Waals surface area contributed by atoms with Gasteiger partial charge >= 0.3 is 17.9 Å². The molecule has 1 atom stereocenters. The van der Waals surface area contributed by atoms with Crippen molar-refractivity contribution in [2.24, 2.45) is 0 Å². The number of allylic oxidation sites excluding steroid dienone is 12. The van der Waals surface area contributed by atoms with Crippen LogP contribution >= 0.6 is 0 Å². The third kappa shape index (κ3) is 43.8. The van der Waals surface area contributed by atoms with Crippen LogP contribution in [-0.2, 0) is 28.6 Å². The van der Waals surface area contributed by atoms with Crippen molar-refractivity contribution in [3.63, 3.8) is 0 Å². The van der Waals surface area contributed by atoms with Gasteiger partial charge in [-0.2, -0.15) is 0 Å². The monoisotopic (exact) mass is 795 g/mol. The van der Waals surface area contributed by atoms with E-state index in [1.54, 1.807) is 0 Å². The molecule has 0 aliphatic rings. The molecule has 57 heavy (non-hydrogen) atoms. The molecule has 0 bridgehead atoms. The second kappa shape index (κ2) is 45.6. The Labute approximate surface area is 351 Å². The van der Waals surface area contributed by atoms with Crippen LogP contribution in [0, 0.1) is 0 Å². The molecule has 6 heteroatoms. The quantitative estimate of drug-likeness (QED) is 0.0265. The van der Waals surface area contributed by atoms with Crippen molar-refractivity contribution < 1.29 is 28.6 Å². The minimum Gasteiger partial charge on any atom is -0.462 e. The molecule has 6 nitrogen and oxygen atoms in total. The zero-order valence-electron chi connectivity index (χ0n) is 37.1. The maximum atomic E-state index is 12.7. The Morgan fingerprint density at radius 1 is 0.368 bits per heavy atom. The maximum absolute atomic E-state index is 12.7. The molecule has 0 heterocycles. The highest BCUT2D eigenvalue weighted by molar-refractivity contribution is 5.71. The van der Waals surface area contributed by atoms with Gasteiger partial charge in [0.2, 0.25) is 0 Å². The van der Waals surface area contributed by atoms with Gasteiger partial charge in [-0.25, -0.2) is 0 Å². The van der Waals surface area contributed by atoms with Crippen LogP contribution in [0.25, 0.3) is 0 Å². The van der Waals surface area contributed by atoms with Gasteiger partial charge in [0.25, 0.3) is 0 Å². The van der Waals surface area contributed by atoms with Crippen molar-refractivity contribution in [3.8, 4) is 0 Å². The van der Waals surface area contributed by atoms with E-state index in [1.807, 2.05) is 0 Å². The Bertz CT molecular complexity index is 1100. The van der Waals surface area contributed by atoms with Crippen molar-refractivity contribution in [2.45, 2.75) is 219 Å². The summed E-state index contributed by atoms with van der Waals surface area (Å²) in [6, 6.07) is 0. The van der Waals surface area contributed by atoms with Gasteiger partial charge in [-0.3, -0.25) is 14.4 Å². The summed E-state index contributed by atoms with van der Waals surface area (Å²) < 4.78 is 16.6. The lowest BCUT2D eigenvalue weighted by Gasteiger charge is -2.18. The molecule has 0 aromatic rings. The predicted molar refractivity (Wildman–Crippen MR) is 242 cm³/mol. The number of rotatable bonds is 41. The number of carbonyl (C=O) groups is 3. The lowest BCUT2D eigenvalue weighted by molar-refractivity contribution is -0.167. The van der Waals surface area contributed by atoms with Crippen molar-refractivity contribution in [1.29, 1.82) is 0 Å². The Morgan fingerprint density at radius 3 is 1.18 bits per heavy atom. The summed E-state index contributed by atoms with van der Waals surface area (Å²) in [5.41, 5.74) is 0. The van der Waals surface area contributed by atoms with E-state index >= 15 is 0 Å². The highest BCUT2D eigenvalue weighted by Crippen LogP contribution is 2.13. The fraction of sp³-hybridized carbons (Fsp3) is 0.706. The molecular formula is C51H86O6. The lowest BCUT2D eigenvalue weighted by Crippen LogP contribution is -2.30. The molecule has 1 unspecified atom stereocenters. The van der Waals surface area contributed by atoms with Gasteiger partial charge in [-0.15, -0.1) is 0 Å². The van der Waals surface area contributed by atoms with Crippen LogP contribution in [0.4, 0.5) is 0 Å². The number of unbranched alkanes of at least 4 members (excludes halogenated alkanes) is 18. The second-order valence-corrected chi connectivity index (χ2v) is 15.3. The molecule has 0 aromatic heterocycles. The number of hydrogen-bond donors (Lipinski definition) is 0. The standard InChI is InChI=1S/C51H86O6/c1-4-7-10-13-16-19-21-22-23-24-25-26-27-28-30-32-35-38-41-44-50(53)56-47-48(46-55-49(52)43-40-37-34-31-18-15-12-9-6-3)57-51(54)45-42-39-36-33-29-20-17-14-11-8-5-2/h7,10,16,19,22-23,25-26,28,30-31,34,48H,4-6,8-9,11-15,17-18,20-21,24,27,29,32-33,35-47H2,1-3H3/b10-7-,19-16-,23-22-,26-25-,30-28-,34-31-. The van der Waals surface area contributed by atoms with Crippen molar-refractivity contribution in [2.75, 3.05) is 13.2 Å². The number of carbonyl (C=O) groups excluding carboxylic acids is 3. The van der Waals surface area contributed by atoms with Crippen molar-refractivity contribution >= 4 is 17.9 Å². The van der Waals surface area contributed by atoms with Crippen molar-refractivity contribution in [1.82, 2.24) is 0 Å². The fourth-order valence-corrected chi connectivity index (χ4v) is 6.18. The van der Waals surface area contributed by atoms with Crippen LogP contribution in [0.2, 0.25) is 0 Å². The molecular weight excluding hydrogens is 709 g/mol. The van der Waals surface area contributed by atoms with Gasteiger partial charge in [0.05, 0.1) is 0 Å². The van der Waals surface area contributed by atoms with Gasteiger partial charge in [-0.1, -0.05) is 184 Å². The second-order valence-electron chi connectivity index (χ2n) is 15.3. The highest BCUT2D eigenvalue weighted by atomic mass is 16.6. The van der Waals surface area contributed by atoms with Gasteiger partial charge in [0.1, 0.15) is 13.2 Å². The fourth-order valence-electron chi connectivity index (χ4n) is 6.18. The molecule has 0 radical (unpaired) electrons. The van der Waals surface area contributed by atoms with Gasteiger partial charge in [0.15, 0.2) is 6.10 Å². The summed E-state index contributed by atoms with van der Waals surface area (Å²) in [5.74, 6) is -0.970. The van der Waals surface area contributed by atoms with E-state index in [9.17, 15) is 14.4 Å². The SMILES string of the molecule is CC/C=C\C/C=C\C/C=C\C/C=C\C/C=C\CCCCCC(=O)OCC(COC(=O)CCC/C=C\CCCCCC)OC(=O)CCCCCCCCCCCCC. The van der Waals surface area contributed by atoms with E-state index in [4.69, 9.17) is 14.2 Å². The summed E-state index contributed by atoms with van der Waals surface area (Å²) in [5, 5.41) is 0. The smallest absolute Gasteiger partial charge is 0.306 e. The predicted octanol–water partition coefficient (Wildman–Crippen LogP) is 15.1. The minimum atomic E-state index is -0.795. The third-order valence-electron chi connectivity index (χ3n) is 9.70. The Balaban J connectivity index is 4.40. The first kappa shape index (κ1) is 53.9. The van der Waals surface area contributed by atoms with Gasteiger partial charge in [-0.05, 0) is 83.5 Å². The molecule has 0 aliphatic carbocycles. The lowest BCUT2D eigenvalue weighted by atomic mass is 10.1. The molecule has 0 aliphatic heterocycles. The first-order valence-corrected chi connectivity index (χ1v) is 23.4. The van der Waals surface area contributed by atoms with Crippen molar-refractivity contribution in [3.05, 3.63) is 72.9 Å². The van der Waals surface area contributed by atoms with E-state index in [-0.39, 0.29) is 31.1 Å². The summed E-state index contributed by atoms with van der Waals surface area (Å²) in [6.45, 7) is 6.41. The molecule has 326 valence electrons. The average Bonchev–Trinajstić information content (AvgIpc) is 3.21. The Hall–Kier alpha value is -3.15. The maximum Gasteiger partial charge on any atom is 0.306 e. The van der Waals surface area contributed by atoms with E-state index in [0.717, 1.165) is 89.9 Å². The normalized spacial score (nSPS) is 12.7. The summed E-state index contributed by atoms with van der Waals surface area (Å²) in [7, 11) is 0. The molecule has 0 spiro atoms. The van der Waals surface area contributed by atoms with Crippen LogP contribution in [0.15, 0.2) is 72.9 Å². The van der Waals surface area contributed by atoms with E-state index < -0.39 is 6.10 Å². The summed E-state index contributed by atoms with van der Waals surface area (Å²) >= 11 is 0. The number of ether oxygens (including phenoxy) is 3. The highest BCUT2D eigenvalue weighted by Gasteiger charge is 2.19. The van der Waals surface area contributed by atoms with Crippen LogP contribution in [0.5, 0.6) is 0 Å². The zero-order chi connectivity index (χ0) is 41.5.